The van der Waals surface area contributed by atoms with Crippen LogP contribution < -0.4 is 10.1 Å². The molecule has 3 nitrogen and oxygen atoms in total. The molecule has 1 N–H and O–H groups in total. The maximum Gasteiger partial charge on any atom is 0.387 e. The van der Waals surface area contributed by atoms with Crippen molar-refractivity contribution < 1.29 is 13.5 Å². The monoisotopic (exact) mass is 296 g/mol. The van der Waals surface area contributed by atoms with Crippen LogP contribution in [-0.2, 0) is 0 Å². The average Bonchev–Trinajstić information content (AvgIpc) is 3.19. The first-order chi connectivity index (χ1) is 10.1. The van der Waals surface area contributed by atoms with Gasteiger partial charge in [-0.25, -0.2) is 0 Å². The number of nitrogens with zero attached hydrogens (tertiary/aromatic N) is 1. The molecule has 1 heterocycles. The topological polar surface area (TPSA) is 24.5 Å². The van der Waals surface area contributed by atoms with Gasteiger partial charge in [-0.3, -0.25) is 4.90 Å². The minimum atomic E-state index is -2.77. The van der Waals surface area contributed by atoms with Gasteiger partial charge in [-0.05, 0) is 43.9 Å². The maximum absolute atomic E-state index is 12.3. The summed E-state index contributed by atoms with van der Waals surface area (Å²) in [6.07, 6.45) is 3.85. The molecule has 3 rings (SSSR count). The van der Waals surface area contributed by atoms with E-state index >= 15 is 0 Å². The average molecular weight is 296 g/mol. The Hall–Kier alpha value is -1.20. The van der Waals surface area contributed by atoms with E-state index in [1.165, 1.54) is 19.4 Å². The fourth-order valence-electron chi connectivity index (χ4n) is 3.10. The molecule has 1 saturated carbocycles. The summed E-state index contributed by atoms with van der Waals surface area (Å²) in [5, 5.41) is 3.60. The van der Waals surface area contributed by atoms with Crippen LogP contribution in [0.25, 0.3) is 0 Å². The second-order valence-electron chi connectivity index (χ2n) is 6.05. The Morgan fingerprint density at radius 3 is 2.81 bits per heavy atom. The first kappa shape index (κ1) is 14.7. The lowest BCUT2D eigenvalue weighted by molar-refractivity contribution is -0.0499. The molecule has 0 aromatic heterocycles. The van der Waals surface area contributed by atoms with E-state index in [9.17, 15) is 8.78 Å². The summed E-state index contributed by atoms with van der Waals surface area (Å²) in [5.74, 6) is 0.224. The van der Waals surface area contributed by atoms with E-state index in [0.29, 0.717) is 6.04 Å². The van der Waals surface area contributed by atoms with Gasteiger partial charge < -0.3 is 10.1 Å². The second kappa shape index (κ2) is 6.28. The summed E-state index contributed by atoms with van der Waals surface area (Å²) >= 11 is 0. The van der Waals surface area contributed by atoms with Crippen LogP contribution in [0.4, 0.5) is 8.78 Å². The van der Waals surface area contributed by atoms with Crippen molar-refractivity contribution in [3.8, 4) is 5.75 Å². The molecule has 1 aliphatic heterocycles. The lowest BCUT2D eigenvalue weighted by atomic mass is 10.1. The summed E-state index contributed by atoms with van der Waals surface area (Å²) in [5.41, 5.74) is 0.984. The molecule has 2 aliphatic rings. The number of hydrogen-bond acceptors (Lipinski definition) is 3. The number of rotatable bonds is 6. The predicted octanol–water partition coefficient (Wildman–Crippen LogP) is 3.18. The van der Waals surface area contributed by atoms with Crippen LogP contribution in [0.15, 0.2) is 24.3 Å². The first-order valence-corrected chi connectivity index (χ1v) is 7.66. The first-order valence-electron chi connectivity index (χ1n) is 7.66. The molecular formula is C16H22F2N2O. The molecule has 21 heavy (non-hydrogen) atoms. The van der Waals surface area contributed by atoms with Gasteiger partial charge in [-0.15, -0.1) is 0 Å². The zero-order valence-corrected chi connectivity index (χ0v) is 12.3. The summed E-state index contributed by atoms with van der Waals surface area (Å²) in [6.45, 7) is 1.57. The Balaban J connectivity index is 1.56. The van der Waals surface area contributed by atoms with E-state index in [0.717, 1.165) is 24.6 Å². The Morgan fingerprint density at radius 1 is 1.29 bits per heavy atom. The molecule has 1 aliphatic carbocycles. The molecular weight excluding hydrogens is 274 g/mol. The Morgan fingerprint density at radius 2 is 2.10 bits per heavy atom. The highest BCUT2D eigenvalue weighted by atomic mass is 19.3. The summed E-state index contributed by atoms with van der Waals surface area (Å²) in [4.78, 5) is 2.56. The van der Waals surface area contributed by atoms with E-state index in [4.69, 9.17) is 0 Å². The number of likely N-dealkylation sites (tertiary alicyclic amines) is 1. The molecule has 2 unspecified atom stereocenters. The third kappa shape index (κ3) is 3.92. The SMILES string of the molecule is CC(NC1CCN(C2CC2)C1)c1cccc(OC(F)F)c1. The fraction of sp³-hybridized carbons (Fsp3) is 0.625. The van der Waals surface area contributed by atoms with Crippen molar-refractivity contribution in [3.05, 3.63) is 29.8 Å². The predicted molar refractivity (Wildman–Crippen MR) is 77.6 cm³/mol. The summed E-state index contributed by atoms with van der Waals surface area (Å²) in [7, 11) is 0. The molecule has 0 amide bonds. The van der Waals surface area contributed by atoms with Crippen molar-refractivity contribution in [2.45, 2.75) is 50.9 Å². The molecule has 2 atom stereocenters. The number of alkyl halides is 2. The minimum absolute atomic E-state index is 0.135. The number of benzene rings is 1. The van der Waals surface area contributed by atoms with Crippen LogP contribution in [0.2, 0.25) is 0 Å². The van der Waals surface area contributed by atoms with Crippen LogP contribution in [0.5, 0.6) is 5.75 Å². The highest BCUT2D eigenvalue weighted by molar-refractivity contribution is 5.30. The molecule has 5 heteroatoms. The molecule has 1 saturated heterocycles. The third-order valence-corrected chi connectivity index (χ3v) is 4.35. The van der Waals surface area contributed by atoms with Crippen molar-refractivity contribution in [2.24, 2.45) is 0 Å². The Labute approximate surface area is 124 Å². The van der Waals surface area contributed by atoms with Gasteiger partial charge >= 0.3 is 6.61 Å². The van der Waals surface area contributed by atoms with Crippen molar-refractivity contribution in [1.82, 2.24) is 10.2 Å². The lowest BCUT2D eigenvalue weighted by Gasteiger charge is -2.21. The van der Waals surface area contributed by atoms with E-state index in [2.05, 4.69) is 21.9 Å². The van der Waals surface area contributed by atoms with Crippen LogP contribution in [0.3, 0.4) is 0 Å². The van der Waals surface area contributed by atoms with Gasteiger partial charge in [0.15, 0.2) is 0 Å². The van der Waals surface area contributed by atoms with Gasteiger partial charge in [0.25, 0.3) is 0 Å². The molecule has 116 valence electrons. The van der Waals surface area contributed by atoms with Gasteiger partial charge in [-0.2, -0.15) is 8.78 Å². The fourth-order valence-corrected chi connectivity index (χ4v) is 3.10. The largest absolute Gasteiger partial charge is 0.435 e. The van der Waals surface area contributed by atoms with Crippen molar-refractivity contribution >= 4 is 0 Å². The van der Waals surface area contributed by atoms with Gasteiger partial charge in [0.05, 0.1) is 0 Å². The highest BCUT2D eigenvalue weighted by Gasteiger charge is 2.34. The van der Waals surface area contributed by atoms with Crippen LogP contribution in [0.1, 0.15) is 37.8 Å². The molecule has 0 radical (unpaired) electrons. The maximum atomic E-state index is 12.3. The second-order valence-corrected chi connectivity index (χ2v) is 6.05. The summed E-state index contributed by atoms with van der Waals surface area (Å²) in [6, 6.07) is 8.40. The highest BCUT2D eigenvalue weighted by Crippen LogP contribution is 2.30. The van der Waals surface area contributed by atoms with Crippen molar-refractivity contribution in [2.75, 3.05) is 13.1 Å². The molecule has 1 aromatic rings. The smallest absolute Gasteiger partial charge is 0.387 e. The van der Waals surface area contributed by atoms with Gasteiger partial charge in [-0.1, -0.05) is 12.1 Å². The quantitative estimate of drug-likeness (QED) is 0.872. The third-order valence-electron chi connectivity index (χ3n) is 4.35. The minimum Gasteiger partial charge on any atom is -0.435 e. The van der Waals surface area contributed by atoms with E-state index in [-0.39, 0.29) is 11.8 Å². The van der Waals surface area contributed by atoms with Gasteiger partial charge in [0.2, 0.25) is 0 Å². The van der Waals surface area contributed by atoms with E-state index < -0.39 is 6.61 Å². The normalized spacial score (nSPS) is 24.5. The number of nitrogens with one attached hydrogen (secondary N) is 1. The Bertz CT molecular complexity index is 479. The van der Waals surface area contributed by atoms with E-state index in [1.54, 1.807) is 18.2 Å². The molecule has 0 spiro atoms. The zero-order valence-electron chi connectivity index (χ0n) is 12.3. The van der Waals surface area contributed by atoms with Gasteiger partial charge in [0, 0.05) is 31.2 Å². The Kier molecular flexibility index (Phi) is 4.40. The van der Waals surface area contributed by atoms with Crippen molar-refractivity contribution in [3.63, 3.8) is 0 Å². The van der Waals surface area contributed by atoms with Crippen molar-refractivity contribution in [1.29, 1.82) is 0 Å². The number of halogens is 2. The van der Waals surface area contributed by atoms with Gasteiger partial charge in [0.1, 0.15) is 5.75 Å². The summed E-state index contributed by atoms with van der Waals surface area (Å²) < 4.78 is 29.0. The van der Waals surface area contributed by atoms with Crippen LogP contribution in [0, 0.1) is 0 Å². The number of hydrogen-bond donors (Lipinski definition) is 1. The molecule has 0 bridgehead atoms. The lowest BCUT2D eigenvalue weighted by Crippen LogP contribution is -2.34. The van der Waals surface area contributed by atoms with Crippen LogP contribution in [-0.4, -0.2) is 36.7 Å². The molecule has 1 aromatic carbocycles. The zero-order chi connectivity index (χ0) is 14.8. The number of ether oxygens (including phenoxy) is 1. The molecule has 2 fully saturated rings. The van der Waals surface area contributed by atoms with Crippen LogP contribution >= 0.6 is 0 Å². The standard InChI is InChI=1S/C16H22F2N2O/c1-11(12-3-2-4-15(9-12)21-16(17)18)19-13-7-8-20(10-13)14-5-6-14/h2-4,9,11,13-14,16,19H,5-8,10H2,1H3. The van der Waals surface area contributed by atoms with E-state index in [1.807, 2.05) is 6.07 Å².